The Balaban J connectivity index is 2.96. The Kier molecular flexibility index (Phi) is 10.3. The lowest BCUT2D eigenvalue weighted by molar-refractivity contribution is 0.144. The van der Waals surface area contributed by atoms with Crippen molar-refractivity contribution < 1.29 is 17.9 Å². The van der Waals surface area contributed by atoms with Gasteiger partial charge in [-0.2, -0.15) is 0 Å². The monoisotopic (exact) mass is 415 g/mol. The van der Waals surface area contributed by atoms with Crippen LogP contribution in [-0.2, 0) is 21.2 Å². The van der Waals surface area contributed by atoms with Crippen LogP contribution in [0.1, 0.15) is 19.4 Å². The van der Waals surface area contributed by atoms with E-state index in [0.29, 0.717) is 13.0 Å². The van der Waals surface area contributed by atoms with E-state index in [9.17, 15) is 8.42 Å². The quantitative estimate of drug-likeness (QED) is 0.287. The minimum Gasteiger partial charge on any atom is -0.490 e. The molecule has 7 nitrogen and oxygen atoms in total. The van der Waals surface area contributed by atoms with Crippen molar-refractivity contribution in [2.45, 2.75) is 25.2 Å². The van der Waals surface area contributed by atoms with Gasteiger partial charge in [-0.05, 0) is 56.7 Å². The van der Waals surface area contributed by atoms with Crippen LogP contribution in [-0.4, -0.2) is 54.0 Å². The molecule has 0 atom stereocenters. The maximum absolute atomic E-state index is 12.7. The van der Waals surface area contributed by atoms with Gasteiger partial charge in [-0.1, -0.05) is 17.7 Å². The first-order valence-corrected chi connectivity index (χ1v) is 10.5. The Morgan fingerprint density at radius 2 is 2.00 bits per heavy atom. The molecule has 0 aliphatic rings. The van der Waals surface area contributed by atoms with Crippen molar-refractivity contribution in [3.8, 4) is 5.75 Å². The Morgan fingerprint density at radius 1 is 1.26 bits per heavy atom. The zero-order valence-electron chi connectivity index (χ0n) is 16.3. The molecule has 0 bridgehead atoms. The number of benzene rings is 1. The SMILES string of the molecule is CNC(=S)NS(=O)(=O)c1cc(CCNCC=C(C)C)ccc1OCCOC. The van der Waals surface area contributed by atoms with Crippen molar-refractivity contribution >= 4 is 27.4 Å². The molecule has 9 heteroatoms. The summed E-state index contributed by atoms with van der Waals surface area (Å²) in [4.78, 5) is 0.0537. The summed E-state index contributed by atoms with van der Waals surface area (Å²) in [7, 11) is -0.752. The molecule has 152 valence electrons. The second kappa shape index (κ2) is 11.9. The number of sulfonamides is 1. The Hall–Kier alpha value is -1.68. The van der Waals surface area contributed by atoms with Crippen LogP contribution in [0.5, 0.6) is 5.75 Å². The van der Waals surface area contributed by atoms with Crippen molar-refractivity contribution in [3.63, 3.8) is 0 Å². The Morgan fingerprint density at radius 3 is 2.63 bits per heavy atom. The number of methoxy groups -OCH3 is 1. The standard InChI is InChI=1S/C18H29N3O4S2/c1-14(2)7-9-20-10-8-15-5-6-16(25-12-11-24-4)17(13-15)27(22,23)21-18(26)19-3/h5-7,13,20H,8-12H2,1-4H3,(H2,19,21,26). The number of rotatable bonds is 11. The molecule has 1 rings (SSSR count). The summed E-state index contributed by atoms with van der Waals surface area (Å²) in [6.07, 6.45) is 2.79. The smallest absolute Gasteiger partial charge is 0.267 e. The molecule has 0 amide bonds. The zero-order chi connectivity index (χ0) is 20.3. The van der Waals surface area contributed by atoms with E-state index in [1.54, 1.807) is 26.3 Å². The minimum atomic E-state index is -3.86. The summed E-state index contributed by atoms with van der Waals surface area (Å²) < 4.78 is 38.2. The first-order chi connectivity index (χ1) is 12.8. The molecule has 3 N–H and O–H groups in total. The van der Waals surface area contributed by atoms with Crippen molar-refractivity contribution in [3.05, 3.63) is 35.4 Å². The highest BCUT2D eigenvalue weighted by molar-refractivity contribution is 7.92. The second-order valence-electron chi connectivity index (χ2n) is 6.04. The van der Waals surface area contributed by atoms with Crippen LogP contribution in [0.2, 0.25) is 0 Å². The second-order valence-corrected chi connectivity index (χ2v) is 8.10. The van der Waals surface area contributed by atoms with E-state index in [-0.39, 0.29) is 22.4 Å². The van der Waals surface area contributed by atoms with Gasteiger partial charge < -0.3 is 20.1 Å². The number of nitrogens with one attached hydrogen (secondary N) is 3. The van der Waals surface area contributed by atoms with Crippen molar-refractivity contribution in [2.24, 2.45) is 0 Å². The first-order valence-electron chi connectivity index (χ1n) is 8.63. The molecule has 0 unspecified atom stereocenters. The molecule has 0 spiro atoms. The molecular weight excluding hydrogens is 386 g/mol. The molecule has 0 fully saturated rings. The van der Waals surface area contributed by atoms with Crippen LogP contribution in [0.25, 0.3) is 0 Å². The van der Waals surface area contributed by atoms with Crippen LogP contribution in [0, 0.1) is 0 Å². The average Bonchev–Trinajstić information content (AvgIpc) is 2.61. The molecule has 0 aliphatic carbocycles. The van der Waals surface area contributed by atoms with Crippen LogP contribution in [0.3, 0.4) is 0 Å². The van der Waals surface area contributed by atoms with E-state index in [4.69, 9.17) is 21.7 Å². The van der Waals surface area contributed by atoms with Gasteiger partial charge in [0.1, 0.15) is 17.3 Å². The van der Waals surface area contributed by atoms with Gasteiger partial charge in [0.25, 0.3) is 10.0 Å². The van der Waals surface area contributed by atoms with Crippen molar-refractivity contribution in [1.82, 2.24) is 15.4 Å². The van der Waals surface area contributed by atoms with Crippen LogP contribution >= 0.6 is 12.2 Å². The fourth-order valence-electron chi connectivity index (χ4n) is 2.11. The normalized spacial score (nSPS) is 11.0. The third-order valence-corrected chi connectivity index (χ3v) is 5.35. The fourth-order valence-corrected chi connectivity index (χ4v) is 3.59. The fraction of sp³-hybridized carbons (Fsp3) is 0.500. The molecule has 27 heavy (non-hydrogen) atoms. The lowest BCUT2D eigenvalue weighted by Gasteiger charge is -2.15. The maximum atomic E-state index is 12.7. The summed E-state index contributed by atoms with van der Waals surface area (Å²) in [6, 6.07) is 5.14. The average molecular weight is 416 g/mol. The molecule has 0 heterocycles. The Bertz CT molecular complexity index is 745. The van der Waals surface area contributed by atoms with Gasteiger partial charge in [0.2, 0.25) is 0 Å². The summed E-state index contributed by atoms with van der Waals surface area (Å²) in [5.41, 5.74) is 2.13. The van der Waals surface area contributed by atoms with E-state index >= 15 is 0 Å². The molecule has 1 aromatic carbocycles. The van der Waals surface area contributed by atoms with Gasteiger partial charge in [-0.15, -0.1) is 0 Å². The van der Waals surface area contributed by atoms with Crippen molar-refractivity contribution in [2.75, 3.05) is 40.5 Å². The van der Waals surface area contributed by atoms with E-state index in [2.05, 4.69) is 21.4 Å². The highest BCUT2D eigenvalue weighted by Gasteiger charge is 2.21. The molecule has 0 radical (unpaired) electrons. The summed E-state index contributed by atoms with van der Waals surface area (Å²) in [5, 5.41) is 5.92. The van der Waals surface area contributed by atoms with E-state index in [1.165, 1.54) is 5.57 Å². The zero-order valence-corrected chi connectivity index (χ0v) is 17.9. The van der Waals surface area contributed by atoms with E-state index < -0.39 is 10.0 Å². The number of ether oxygens (including phenoxy) is 2. The lowest BCUT2D eigenvalue weighted by atomic mass is 10.1. The minimum absolute atomic E-state index is 0.0200. The van der Waals surface area contributed by atoms with Crippen molar-refractivity contribution in [1.29, 1.82) is 0 Å². The highest BCUT2D eigenvalue weighted by Crippen LogP contribution is 2.25. The van der Waals surface area contributed by atoms with Gasteiger partial charge in [0, 0.05) is 20.7 Å². The van der Waals surface area contributed by atoms with E-state index in [1.807, 2.05) is 19.9 Å². The predicted octanol–water partition coefficient (Wildman–Crippen LogP) is 1.59. The molecule has 0 aromatic heterocycles. The summed E-state index contributed by atoms with van der Waals surface area (Å²) in [6.45, 7) is 6.21. The molecule has 0 saturated carbocycles. The summed E-state index contributed by atoms with van der Waals surface area (Å²) >= 11 is 4.93. The highest BCUT2D eigenvalue weighted by atomic mass is 32.2. The van der Waals surface area contributed by atoms with Crippen LogP contribution < -0.4 is 20.1 Å². The van der Waals surface area contributed by atoms with Gasteiger partial charge >= 0.3 is 0 Å². The van der Waals surface area contributed by atoms with E-state index in [0.717, 1.165) is 18.7 Å². The lowest BCUT2D eigenvalue weighted by Crippen LogP contribution is -2.37. The predicted molar refractivity (Wildman–Crippen MR) is 112 cm³/mol. The number of hydrogen-bond acceptors (Lipinski definition) is 6. The van der Waals surface area contributed by atoms with Gasteiger partial charge in [-0.3, -0.25) is 4.72 Å². The molecular formula is C18H29N3O4S2. The van der Waals surface area contributed by atoms with Gasteiger partial charge in [0.15, 0.2) is 5.11 Å². The van der Waals surface area contributed by atoms with Gasteiger partial charge in [-0.25, -0.2) is 8.42 Å². The molecule has 0 saturated heterocycles. The van der Waals surface area contributed by atoms with Gasteiger partial charge in [0.05, 0.1) is 6.61 Å². The molecule has 1 aromatic rings. The largest absolute Gasteiger partial charge is 0.490 e. The number of allylic oxidation sites excluding steroid dienone is 1. The van der Waals surface area contributed by atoms with Crippen LogP contribution in [0.4, 0.5) is 0 Å². The number of thiocarbonyl (C=S) groups is 1. The topological polar surface area (TPSA) is 88.7 Å². The Labute approximate surface area is 167 Å². The maximum Gasteiger partial charge on any atom is 0.267 e. The third kappa shape index (κ3) is 8.70. The third-order valence-electron chi connectivity index (χ3n) is 3.54. The summed E-state index contributed by atoms with van der Waals surface area (Å²) in [5.74, 6) is 0.264. The molecule has 0 aliphatic heterocycles. The first kappa shape index (κ1) is 23.4. The van der Waals surface area contributed by atoms with Crippen LogP contribution in [0.15, 0.2) is 34.7 Å². The number of hydrogen-bond donors (Lipinski definition) is 3.